The van der Waals surface area contributed by atoms with Gasteiger partial charge in [-0.15, -0.1) is 0 Å². The normalized spacial score (nSPS) is 9.50. The first-order valence-corrected chi connectivity index (χ1v) is 3.19. The minimum atomic E-state index is -1.41. The van der Waals surface area contributed by atoms with Gasteiger partial charge in [0.25, 0.3) is 0 Å². The highest BCUT2D eigenvalue weighted by molar-refractivity contribution is 6.58. The van der Waals surface area contributed by atoms with Crippen molar-refractivity contribution in [3.63, 3.8) is 0 Å². The van der Waals surface area contributed by atoms with Gasteiger partial charge in [0.2, 0.25) is 0 Å². The second-order valence-corrected chi connectivity index (χ2v) is 2.36. The Balaban J connectivity index is 0. The average Bonchev–Trinajstić information content (AvgIpc) is 1.88. The van der Waals surface area contributed by atoms with Crippen LogP contribution in [0.25, 0.3) is 0 Å². The van der Waals surface area contributed by atoms with E-state index in [2.05, 4.69) is 0 Å². The summed E-state index contributed by atoms with van der Waals surface area (Å²) in [6.45, 7) is 0. The van der Waals surface area contributed by atoms with Crippen molar-refractivity contribution in [3.05, 3.63) is 29.3 Å². The van der Waals surface area contributed by atoms with Crippen molar-refractivity contribution in [1.82, 2.24) is 0 Å². The zero-order valence-corrected chi connectivity index (χ0v) is 5.92. The Kier molecular flexibility index (Phi) is 2.32. The molecule has 0 spiro atoms. The minimum Gasteiger partial charge on any atom is -0.423 e. The van der Waals surface area contributed by atoms with Gasteiger partial charge in [0.05, 0.1) is 0 Å². The standard InChI is InChI=1S/C6H6BClO2.2H2/c8-6-3-1-5(2-4-6)7(9)10;;/h1-4,9-10H;2*1H. The van der Waals surface area contributed by atoms with Crippen LogP contribution < -0.4 is 5.46 Å². The molecule has 0 atom stereocenters. The molecule has 0 heterocycles. The van der Waals surface area contributed by atoms with Crippen LogP contribution in [-0.4, -0.2) is 17.2 Å². The van der Waals surface area contributed by atoms with E-state index in [0.717, 1.165) is 0 Å². The van der Waals surface area contributed by atoms with Crippen molar-refractivity contribution in [1.29, 1.82) is 0 Å². The number of rotatable bonds is 1. The maximum absolute atomic E-state index is 8.63. The van der Waals surface area contributed by atoms with Crippen molar-refractivity contribution in [2.45, 2.75) is 0 Å². The quantitative estimate of drug-likeness (QED) is 0.588. The summed E-state index contributed by atoms with van der Waals surface area (Å²) in [4.78, 5) is 0. The van der Waals surface area contributed by atoms with E-state index in [0.29, 0.717) is 10.5 Å². The van der Waals surface area contributed by atoms with Gasteiger partial charge in [0.1, 0.15) is 0 Å². The minimum absolute atomic E-state index is 0. The molecule has 0 saturated carbocycles. The molecular weight excluding hydrogens is 150 g/mol. The average molecular weight is 160 g/mol. The number of benzene rings is 1. The number of hydrogen-bond donors (Lipinski definition) is 2. The predicted octanol–water partition coefficient (Wildman–Crippen LogP) is 0.512. The van der Waals surface area contributed by atoms with Crippen LogP contribution in [0.15, 0.2) is 24.3 Å². The molecule has 0 aliphatic carbocycles. The van der Waals surface area contributed by atoms with Crippen molar-refractivity contribution in [3.8, 4) is 0 Å². The molecule has 0 saturated heterocycles. The summed E-state index contributed by atoms with van der Waals surface area (Å²) in [6, 6.07) is 6.34. The molecular formula is C6H10BClO2. The second kappa shape index (κ2) is 3.06. The summed E-state index contributed by atoms with van der Waals surface area (Å²) in [5.41, 5.74) is 0.449. The SMILES string of the molecule is OB(O)c1ccc(Cl)cc1.[HH].[HH]. The predicted molar refractivity (Wildman–Crippen MR) is 45.5 cm³/mol. The van der Waals surface area contributed by atoms with Gasteiger partial charge in [-0.25, -0.2) is 0 Å². The fraction of sp³-hybridized carbons (Fsp3) is 0. The largest absolute Gasteiger partial charge is 0.488 e. The molecule has 0 aliphatic heterocycles. The smallest absolute Gasteiger partial charge is 0.423 e. The fourth-order valence-corrected chi connectivity index (χ4v) is 0.761. The van der Waals surface area contributed by atoms with Gasteiger partial charge < -0.3 is 10.0 Å². The Morgan fingerprint density at radius 2 is 1.70 bits per heavy atom. The number of hydrogen-bond acceptors (Lipinski definition) is 2. The molecule has 0 aliphatic rings. The van der Waals surface area contributed by atoms with Gasteiger partial charge in [-0.05, 0) is 17.6 Å². The van der Waals surface area contributed by atoms with Crippen LogP contribution in [0.3, 0.4) is 0 Å². The van der Waals surface area contributed by atoms with Crippen LogP contribution in [0.4, 0.5) is 0 Å². The molecule has 0 radical (unpaired) electrons. The van der Waals surface area contributed by atoms with Crippen LogP contribution in [0.2, 0.25) is 5.02 Å². The Bertz CT molecular complexity index is 217. The molecule has 0 aromatic heterocycles. The third-order valence-electron chi connectivity index (χ3n) is 1.17. The van der Waals surface area contributed by atoms with E-state index in [9.17, 15) is 0 Å². The molecule has 0 unspecified atom stereocenters. The van der Waals surface area contributed by atoms with Crippen LogP contribution in [-0.2, 0) is 0 Å². The monoisotopic (exact) mass is 160 g/mol. The van der Waals surface area contributed by atoms with Gasteiger partial charge >= 0.3 is 7.12 Å². The zero-order chi connectivity index (χ0) is 7.56. The molecule has 0 bridgehead atoms. The van der Waals surface area contributed by atoms with Crippen LogP contribution >= 0.6 is 11.6 Å². The lowest BCUT2D eigenvalue weighted by molar-refractivity contribution is 0.426. The van der Waals surface area contributed by atoms with Gasteiger partial charge in [-0.2, -0.15) is 0 Å². The van der Waals surface area contributed by atoms with E-state index in [4.69, 9.17) is 21.6 Å². The third kappa shape index (κ3) is 1.74. The highest BCUT2D eigenvalue weighted by atomic mass is 35.5. The van der Waals surface area contributed by atoms with E-state index < -0.39 is 7.12 Å². The Labute approximate surface area is 67.2 Å². The van der Waals surface area contributed by atoms with E-state index in [1.165, 1.54) is 0 Å². The number of halogens is 1. The van der Waals surface area contributed by atoms with Crippen LogP contribution in [0.5, 0.6) is 0 Å². The van der Waals surface area contributed by atoms with Crippen LogP contribution in [0, 0.1) is 0 Å². The lowest BCUT2D eigenvalue weighted by Crippen LogP contribution is -2.29. The first-order chi connectivity index (χ1) is 4.70. The molecule has 0 amide bonds. The Morgan fingerprint density at radius 3 is 2.10 bits per heavy atom. The summed E-state index contributed by atoms with van der Waals surface area (Å²) in [6.07, 6.45) is 0. The topological polar surface area (TPSA) is 40.5 Å². The molecule has 10 heavy (non-hydrogen) atoms. The molecule has 56 valence electrons. The first-order valence-electron chi connectivity index (χ1n) is 2.82. The lowest BCUT2D eigenvalue weighted by Gasteiger charge is -1.96. The molecule has 0 fully saturated rings. The maximum Gasteiger partial charge on any atom is 0.488 e. The highest BCUT2D eigenvalue weighted by Gasteiger charge is 2.08. The van der Waals surface area contributed by atoms with Gasteiger partial charge in [-0.1, -0.05) is 23.7 Å². The fourth-order valence-electron chi connectivity index (χ4n) is 0.635. The summed E-state index contributed by atoms with van der Waals surface area (Å²) in [5, 5.41) is 17.8. The van der Waals surface area contributed by atoms with E-state index >= 15 is 0 Å². The summed E-state index contributed by atoms with van der Waals surface area (Å²) in [7, 11) is -1.41. The lowest BCUT2D eigenvalue weighted by atomic mass is 9.81. The maximum atomic E-state index is 8.63. The van der Waals surface area contributed by atoms with E-state index in [1.807, 2.05) is 0 Å². The van der Waals surface area contributed by atoms with Crippen molar-refractivity contribution < 1.29 is 12.9 Å². The second-order valence-electron chi connectivity index (χ2n) is 1.93. The third-order valence-corrected chi connectivity index (χ3v) is 1.42. The Morgan fingerprint density at radius 1 is 1.20 bits per heavy atom. The van der Waals surface area contributed by atoms with E-state index in [1.54, 1.807) is 24.3 Å². The van der Waals surface area contributed by atoms with Crippen molar-refractivity contribution >= 4 is 24.2 Å². The molecule has 4 heteroatoms. The highest BCUT2D eigenvalue weighted by Crippen LogP contribution is 2.03. The molecule has 1 aromatic carbocycles. The summed E-state index contributed by atoms with van der Waals surface area (Å²) in [5.74, 6) is 0. The van der Waals surface area contributed by atoms with Gasteiger partial charge in [0.15, 0.2) is 0 Å². The van der Waals surface area contributed by atoms with Crippen molar-refractivity contribution in [2.75, 3.05) is 0 Å². The van der Waals surface area contributed by atoms with Gasteiger partial charge in [-0.3, -0.25) is 0 Å². The molecule has 2 N–H and O–H groups in total. The molecule has 1 aromatic rings. The van der Waals surface area contributed by atoms with Gasteiger partial charge in [0, 0.05) is 7.88 Å². The molecule has 2 nitrogen and oxygen atoms in total. The summed E-state index contributed by atoms with van der Waals surface area (Å²) < 4.78 is 0. The zero-order valence-electron chi connectivity index (χ0n) is 5.16. The van der Waals surface area contributed by atoms with E-state index in [-0.39, 0.29) is 2.85 Å². The summed E-state index contributed by atoms with van der Waals surface area (Å²) >= 11 is 5.55. The van der Waals surface area contributed by atoms with Crippen molar-refractivity contribution in [2.24, 2.45) is 0 Å². The first kappa shape index (κ1) is 7.60. The Hall–Kier alpha value is -0.505. The molecule has 1 rings (SSSR count). The van der Waals surface area contributed by atoms with Crippen LogP contribution in [0.1, 0.15) is 2.85 Å².